The van der Waals surface area contributed by atoms with Gasteiger partial charge in [-0.1, -0.05) is 19.3 Å². The van der Waals surface area contributed by atoms with Gasteiger partial charge in [0.15, 0.2) is 0 Å². The second-order valence-corrected chi connectivity index (χ2v) is 12.9. The van der Waals surface area contributed by atoms with Crippen molar-refractivity contribution in [2.75, 3.05) is 10.6 Å². The molecule has 0 atom stereocenters. The molecule has 0 saturated heterocycles. The Morgan fingerprint density at radius 2 is 1.78 bits per heavy atom. The zero-order valence-corrected chi connectivity index (χ0v) is 24.2. The van der Waals surface area contributed by atoms with E-state index >= 15 is 0 Å². The third-order valence-electron chi connectivity index (χ3n) is 7.42. The van der Waals surface area contributed by atoms with Crippen molar-refractivity contribution < 1.29 is 27.9 Å². The minimum absolute atomic E-state index is 0.000151. The summed E-state index contributed by atoms with van der Waals surface area (Å²) in [5.74, 6) is -0.264. The summed E-state index contributed by atoms with van der Waals surface area (Å²) in [5.41, 5.74) is 1.33. The van der Waals surface area contributed by atoms with Gasteiger partial charge < -0.3 is 19.9 Å². The Labute approximate surface area is 241 Å². The minimum Gasteiger partial charge on any atom is -0.444 e. The van der Waals surface area contributed by atoms with Gasteiger partial charge in [-0.3, -0.25) is 14.9 Å². The molecule has 2 aliphatic rings. The number of imidazole rings is 1. The summed E-state index contributed by atoms with van der Waals surface area (Å²) in [6.07, 6.45) is 3.06. The predicted molar refractivity (Wildman–Crippen MR) is 154 cm³/mol. The number of hydrogen-bond donors (Lipinski definition) is 3. The summed E-state index contributed by atoms with van der Waals surface area (Å²) >= 11 is 0.736. The molecule has 3 N–H and O–H groups in total. The number of thiophene rings is 1. The molecule has 220 valence electrons. The SMILES string of the molecule is CC(C)(C)OC(=O)N[C@H]1C[C@@H](n2c(NC(=O)c3ccc(C(F)F)s3)nc3cc(NC(=O)C4CCCCC4)ccc32)C1. The predicted octanol–water partition coefficient (Wildman–Crippen LogP) is 7.03. The molecule has 2 fully saturated rings. The highest BCUT2D eigenvalue weighted by Gasteiger charge is 2.35. The number of halogens is 2. The fourth-order valence-corrected chi connectivity index (χ4v) is 6.15. The second kappa shape index (κ2) is 11.8. The fraction of sp³-hybridized carbons (Fsp3) is 0.517. The van der Waals surface area contributed by atoms with Crippen molar-refractivity contribution >= 4 is 51.9 Å². The topological polar surface area (TPSA) is 114 Å². The van der Waals surface area contributed by atoms with Gasteiger partial charge >= 0.3 is 6.09 Å². The normalized spacial score (nSPS) is 19.6. The Morgan fingerprint density at radius 1 is 1.05 bits per heavy atom. The largest absolute Gasteiger partial charge is 0.444 e. The summed E-state index contributed by atoms with van der Waals surface area (Å²) < 4.78 is 33.4. The Kier molecular flexibility index (Phi) is 8.30. The maximum Gasteiger partial charge on any atom is 0.407 e. The maximum atomic E-state index is 13.1. The summed E-state index contributed by atoms with van der Waals surface area (Å²) in [6, 6.07) is 7.86. The van der Waals surface area contributed by atoms with E-state index in [1.807, 2.05) is 16.7 Å². The Hall–Kier alpha value is -3.54. The van der Waals surface area contributed by atoms with Crippen LogP contribution in [0.4, 0.5) is 25.2 Å². The lowest BCUT2D eigenvalue weighted by atomic mass is 9.86. The van der Waals surface area contributed by atoms with Crippen LogP contribution in [0.25, 0.3) is 11.0 Å². The lowest BCUT2D eigenvalue weighted by Gasteiger charge is -2.37. The van der Waals surface area contributed by atoms with E-state index in [4.69, 9.17) is 4.74 Å². The third kappa shape index (κ3) is 6.86. The van der Waals surface area contributed by atoms with Gasteiger partial charge in [0, 0.05) is 23.7 Å². The van der Waals surface area contributed by atoms with Crippen molar-refractivity contribution in [3.63, 3.8) is 0 Å². The highest BCUT2D eigenvalue weighted by atomic mass is 32.1. The average molecular weight is 588 g/mol. The van der Waals surface area contributed by atoms with Crippen LogP contribution in [0.1, 0.15) is 92.7 Å². The molecule has 12 heteroatoms. The van der Waals surface area contributed by atoms with Gasteiger partial charge in [0.05, 0.1) is 20.8 Å². The first-order valence-corrected chi connectivity index (χ1v) is 14.8. The van der Waals surface area contributed by atoms with Crippen LogP contribution >= 0.6 is 11.3 Å². The summed E-state index contributed by atoms with van der Waals surface area (Å²) in [7, 11) is 0. The van der Waals surface area contributed by atoms with Crippen LogP contribution in [-0.2, 0) is 9.53 Å². The molecule has 0 unspecified atom stereocenters. The number of hydrogen-bond acceptors (Lipinski definition) is 6. The van der Waals surface area contributed by atoms with Gasteiger partial charge in [0.1, 0.15) is 5.60 Å². The monoisotopic (exact) mass is 587 g/mol. The molecule has 2 heterocycles. The van der Waals surface area contributed by atoms with E-state index in [0.29, 0.717) is 24.0 Å². The van der Waals surface area contributed by atoms with Crippen molar-refractivity contribution in [1.82, 2.24) is 14.9 Å². The molecule has 3 amide bonds. The van der Waals surface area contributed by atoms with Gasteiger partial charge in [-0.05, 0) is 76.8 Å². The van der Waals surface area contributed by atoms with E-state index in [2.05, 4.69) is 20.9 Å². The molecule has 3 aromatic rings. The Balaban J connectivity index is 1.37. The van der Waals surface area contributed by atoms with Crippen molar-refractivity contribution in [2.24, 2.45) is 5.92 Å². The van der Waals surface area contributed by atoms with Crippen molar-refractivity contribution in [2.45, 2.75) is 89.8 Å². The first-order chi connectivity index (χ1) is 19.5. The Bertz CT molecular complexity index is 1430. The molecular weight excluding hydrogens is 552 g/mol. The smallest absolute Gasteiger partial charge is 0.407 e. The van der Waals surface area contributed by atoms with E-state index in [-0.39, 0.29) is 39.6 Å². The molecule has 2 saturated carbocycles. The second-order valence-electron chi connectivity index (χ2n) is 11.8. The maximum absolute atomic E-state index is 13.1. The number of nitrogens with zero attached hydrogens (tertiary/aromatic N) is 2. The molecule has 5 rings (SSSR count). The van der Waals surface area contributed by atoms with Crippen LogP contribution in [-0.4, -0.2) is 39.1 Å². The molecule has 0 radical (unpaired) electrons. The molecule has 2 aromatic heterocycles. The van der Waals surface area contributed by atoms with E-state index in [1.54, 1.807) is 26.8 Å². The molecule has 1 aromatic carbocycles. The fourth-order valence-electron chi connectivity index (χ4n) is 5.39. The van der Waals surface area contributed by atoms with Crippen LogP contribution in [0.2, 0.25) is 0 Å². The number of nitrogens with one attached hydrogen (secondary N) is 3. The standard InChI is InChI=1S/C29H35F2N5O4S/c1-29(2,3)40-28(39)33-18-13-19(14-18)36-21-10-9-17(32-25(37)16-7-5-4-6-8-16)15-20(21)34-27(36)35-26(38)23-12-11-22(41-23)24(30)31/h9-12,15-16,18-19,24H,4-8,13-14H2,1-3H3,(H,32,37)(H,33,39)(H,34,35,38)/t18-,19+. The highest BCUT2D eigenvalue weighted by molar-refractivity contribution is 7.14. The summed E-state index contributed by atoms with van der Waals surface area (Å²) in [4.78, 5) is 42.7. The number of ether oxygens (including phenoxy) is 1. The number of rotatable bonds is 7. The Morgan fingerprint density at radius 3 is 2.44 bits per heavy atom. The van der Waals surface area contributed by atoms with Gasteiger partial charge in [-0.15, -0.1) is 11.3 Å². The number of amides is 3. The highest BCUT2D eigenvalue weighted by Crippen LogP contribution is 2.39. The molecule has 0 bridgehead atoms. The molecule has 0 spiro atoms. The van der Waals surface area contributed by atoms with Gasteiger partial charge in [0.25, 0.3) is 12.3 Å². The lowest BCUT2D eigenvalue weighted by Crippen LogP contribution is -2.46. The van der Waals surface area contributed by atoms with Crippen LogP contribution in [0.15, 0.2) is 30.3 Å². The van der Waals surface area contributed by atoms with Gasteiger partial charge in [-0.2, -0.15) is 0 Å². The van der Waals surface area contributed by atoms with Gasteiger partial charge in [0.2, 0.25) is 11.9 Å². The number of carbonyl (C=O) groups is 3. The number of fused-ring (bicyclic) bond motifs is 1. The molecule has 9 nitrogen and oxygen atoms in total. The first-order valence-electron chi connectivity index (χ1n) is 14.0. The molecule has 0 aliphatic heterocycles. The molecule has 2 aliphatic carbocycles. The first kappa shape index (κ1) is 29.0. The van der Waals surface area contributed by atoms with E-state index < -0.39 is 24.0 Å². The van der Waals surface area contributed by atoms with Crippen molar-refractivity contribution in [3.05, 3.63) is 40.1 Å². The number of alkyl halides is 2. The van der Waals surface area contributed by atoms with Crippen LogP contribution in [0.5, 0.6) is 0 Å². The summed E-state index contributed by atoms with van der Waals surface area (Å²) in [6.45, 7) is 5.39. The van der Waals surface area contributed by atoms with E-state index in [1.165, 1.54) is 12.1 Å². The minimum atomic E-state index is -2.65. The van der Waals surface area contributed by atoms with Crippen molar-refractivity contribution in [1.29, 1.82) is 0 Å². The number of aromatic nitrogens is 2. The van der Waals surface area contributed by atoms with Crippen molar-refractivity contribution in [3.8, 4) is 0 Å². The number of anilines is 2. The number of alkyl carbamates (subject to hydrolysis) is 1. The third-order valence-corrected chi connectivity index (χ3v) is 8.51. The van der Waals surface area contributed by atoms with Crippen LogP contribution in [0.3, 0.4) is 0 Å². The molecule has 41 heavy (non-hydrogen) atoms. The van der Waals surface area contributed by atoms with Gasteiger partial charge in [-0.25, -0.2) is 18.6 Å². The van der Waals surface area contributed by atoms with E-state index in [9.17, 15) is 23.2 Å². The lowest BCUT2D eigenvalue weighted by molar-refractivity contribution is -0.120. The van der Waals surface area contributed by atoms with Crippen LogP contribution < -0.4 is 16.0 Å². The zero-order valence-electron chi connectivity index (χ0n) is 23.3. The summed E-state index contributed by atoms with van der Waals surface area (Å²) in [5, 5.41) is 8.68. The van der Waals surface area contributed by atoms with E-state index in [0.717, 1.165) is 49.0 Å². The quantitative estimate of drug-likeness (QED) is 0.275. The average Bonchev–Trinajstić information content (AvgIpc) is 3.51. The number of carbonyl (C=O) groups excluding carboxylic acids is 3. The zero-order chi connectivity index (χ0) is 29.3. The molecular formula is C29H35F2N5O4S. The number of benzene rings is 1. The van der Waals surface area contributed by atoms with Crippen LogP contribution in [0, 0.1) is 5.92 Å².